The summed E-state index contributed by atoms with van der Waals surface area (Å²) in [6, 6.07) is 18.3. The molecule has 1 saturated heterocycles. The molecule has 6 heteroatoms. The number of aliphatic hydroxyl groups is 1. The summed E-state index contributed by atoms with van der Waals surface area (Å²) in [6.07, 6.45) is -0.802. The lowest BCUT2D eigenvalue weighted by Gasteiger charge is -2.22. The van der Waals surface area contributed by atoms with Gasteiger partial charge in [0, 0.05) is 25.2 Å². The molecule has 2 N–H and O–H groups in total. The molecule has 6 nitrogen and oxygen atoms in total. The van der Waals surface area contributed by atoms with Gasteiger partial charge in [-0.1, -0.05) is 48.5 Å². The first kappa shape index (κ1) is 16.0. The van der Waals surface area contributed by atoms with Crippen molar-refractivity contribution in [1.82, 2.24) is 5.32 Å². The first-order valence-corrected chi connectivity index (χ1v) is 7.69. The van der Waals surface area contributed by atoms with Crippen LogP contribution in [0.25, 0.3) is 0 Å². The molecule has 0 spiro atoms. The molecule has 2 aromatic carbocycles. The van der Waals surface area contributed by atoms with Gasteiger partial charge in [0.2, 0.25) is 0 Å². The Balaban J connectivity index is 1.60. The molecular weight excluding hydrogens is 308 g/mol. The van der Waals surface area contributed by atoms with Crippen LogP contribution in [-0.4, -0.2) is 29.4 Å². The highest BCUT2D eigenvalue weighted by Gasteiger charge is 2.49. The number of amides is 2. The van der Waals surface area contributed by atoms with Gasteiger partial charge in [-0.3, -0.25) is 4.79 Å². The van der Waals surface area contributed by atoms with Gasteiger partial charge in [0.1, 0.15) is 0 Å². The highest BCUT2D eigenvalue weighted by molar-refractivity contribution is 6.01. The van der Waals surface area contributed by atoms with Gasteiger partial charge in [0.05, 0.1) is 0 Å². The molecule has 0 radical (unpaired) electrons. The third kappa shape index (κ3) is 3.38. The van der Waals surface area contributed by atoms with E-state index >= 15 is 0 Å². The van der Waals surface area contributed by atoms with Crippen LogP contribution in [0.4, 0.5) is 10.5 Å². The van der Waals surface area contributed by atoms with Gasteiger partial charge in [0.25, 0.3) is 11.7 Å². The summed E-state index contributed by atoms with van der Waals surface area (Å²) in [6.45, 7) is 0.539. The van der Waals surface area contributed by atoms with E-state index in [-0.39, 0.29) is 19.5 Å². The predicted molar refractivity (Wildman–Crippen MR) is 88.1 cm³/mol. The molecule has 1 fully saturated rings. The van der Waals surface area contributed by atoms with Gasteiger partial charge >= 0.3 is 6.09 Å². The fourth-order valence-electron chi connectivity index (χ4n) is 2.59. The summed E-state index contributed by atoms with van der Waals surface area (Å²) in [5.74, 6) is -2.76. The number of benzene rings is 2. The van der Waals surface area contributed by atoms with Crippen LogP contribution in [0.1, 0.15) is 12.0 Å². The van der Waals surface area contributed by atoms with E-state index in [9.17, 15) is 14.7 Å². The molecule has 0 saturated carbocycles. The zero-order valence-corrected chi connectivity index (χ0v) is 13.0. The van der Waals surface area contributed by atoms with E-state index in [0.717, 1.165) is 5.56 Å². The van der Waals surface area contributed by atoms with Crippen LogP contribution in [0.2, 0.25) is 0 Å². The van der Waals surface area contributed by atoms with Gasteiger partial charge in [0.15, 0.2) is 0 Å². The first-order chi connectivity index (χ1) is 11.6. The topological polar surface area (TPSA) is 78.9 Å². The van der Waals surface area contributed by atoms with Crippen molar-refractivity contribution in [1.29, 1.82) is 0 Å². The molecule has 3 rings (SSSR count). The van der Waals surface area contributed by atoms with Gasteiger partial charge in [-0.15, -0.1) is 0 Å². The van der Waals surface area contributed by atoms with E-state index in [2.05, 4.69) is 5.32 Å². The third-order valence-corrected chi connectivity index (χ3v) is 3.86. The van der Waals surface area contributed by atoms with Crippen LogP contribution < -0.4 is 10.2 Å². The van der Waals surface area contributed by atoms with Gasteiger partial charge < -0.3 is 20.1 Å². The largest absolute Gasteiger partial charge is 0.410 e. The van der Waals surface area contributed by atoms with Gasteiger partial charge in [-0.25, -0.2) is 4.79 Å². The van der Waals surface area contributed by atoms with E-state index in [1.54, 1.807) is 24.3 Å². The van der Waals surface area contributed by atoms with E-state index in [4.69, 9.17) is 4.74 Å². The van der Waals surface area contributed by atoms with Gasteiger partial charge in [-0.05, 0) is 17.7 Å². The SMILES string of the molecule is O=C(NCc1ccccc1)O[C@]1(O)CCN(c2ccccc2)C1=O. The number of nitrogens with zero attached hydrogens (tertiary/aromatic N) is 1. The van der Waals surface area contributed by atoms with Crippen LogP contribution in [0.3, 0.4) is 0 Å². The lowest BCUT2D eigenvalue weighted by molar-refractivity contribution is -0.175. The maximum absolute atomic E-state index is 12.4. The first-order valence-electron chi connectivity index (χ1n) is 7.69. The molecule has 2 aromatic rings. The van der Waals surface area contributed by atoms with Crippen molar-refractivity contribution < 1.29 is 19.4 Å². The fourth-order valence-corrected chi connectivity index (χ4v) is 2.59. The number of anilines is 1. The van der Waals surface area contributed by atoms with Crippen LogP contribution in [0.15, 0.2) is 60.7 Å². The molecule has 0 aromatic heterocycles. The standard InChI is InChI=1S/C18H18N2O4/c21-16-18(23,11-12-20(16)15-9-5-2-6-10-15)24-17(22)19-13-14-7-3-1-4-8-14/h1-10,23H,11-13H2,(H,19,22)/t18-/m1/s1. The van der Waals surface area contributed by atoms with Crippen molar-refractivity contribution in [2.24, 2.45) is 0 Å². The summed E-state index contributed by atoms with van der Waals surface area (Å²) in [5, 5.41) is 12.9. The Morgan fingerprint density at radius 3 is 2.42 bits per heavy atom. The van der Waals surface area contributed by atoms with Crippen LogP contribution >= 0.6 is 0 Å². The zero-order chi connectivity index (χ0) is 17.0. The highest BCUT2D eigenvalue weighted by Crippen LogP contribution is 2.29. The number of hydrogen-bond donors (Lipinski definition) is 2. The van der Waals surface area contributed by atoms with E-state index in [1.807, 2.05) is 36.4 Å². The Bertz CT molecular complexity index is 720. The second-order valence-corrected chi connectivity index (χ2v) is 5.56. The quantitative estimate of drug-likeness (QED) is 0.843. The number of carbonyl (C=O) groups excluding carboxylic acids is 2. The maximum Gasteiger partial charge on any atom is 0.410 e. The van der Waals surface area contributed by atoms with Crippen molar-refractivity contribution in [2.45, 2.75) is 18.8 Å². The minimum atomic E-state index is -2.13. The Hall–Kier alpha value is -2.86. The van der Waals surface area contributed by atoms with Crippen molar-refractivity contribution in [3.05, 3.63) is 66.2 Å². The van der Waals surface area contributed by atoms with Crippen molar-refractivity contribution in [3.63, 3.8) is 0 Å². The minimum absolute atomic E-state index is 0.0273. The van der Waals surface area contributed by atoms with Crippen molar-refractivity contribution in [3.8, 4) is 0 Å². The summed E-state index contributed by atoms with van der Waals surface area (Å²) in [7, 11) is 0. The predicted octanol–water partition coefficient (Wildman–Crippen LogP) is 2.04. The lowest BCUT2D eigenvalue weighted by Crippen LogP contribution is -2.46. The van der Waals surface area contributed by atoms with Crippen LogP contribution in [0.5, 0.6) is 0 Å². The molecule has 124 valence electrons. The highest BCUT2D eigenvalue weighted by atomic mass is 16.7. The molecule has 1 aliphatic heterocycles. The number of nitrogens with one attached hydrogen (secondary N) is 1. The molecule has 0 unspecified atom stereocenters. The Morgan fingerprint density at radius 2 is 1.75 bits per heavy atom. The van der Waals surface area contributed by atoms with E-state index in [0.29, 0.717) is 5.69 Å². The minimum Gasteiger partial charge on any atom is -0.407 e. The van der Waals surface area contributed by atoms with Crippen molar-refractivity contribution in [2.75, 3.05) is 11.4 Å². The van der Waals surface area contributed by atoms with Gasteiger partial charge in [-0.2, -0.15) is 0 Å². The van der Waals surface area contributed by atoms with Crippen molar-refractivity contribution >= 4 is 17.7 Å². The van der Waals surface area contributed by atoms with Crippen LogP contribution in [0, 0.1) is 0 Å². The number of rotatable bonds is 4. The number of ether oxygens (including phenoxy) is 1. The second kappa shape index (κ2) is 6.72. The molecule has 1 heterocycles. The zero-order valence-electron chi connectivity index (χ0n) is 13.0. The maximum atomic E-state index is 12.4. The number of para-hydroxylation sites is 1. The number of alkyl carbamates (subject to hydrolysis) is 1. The fraction of sp³-hybridized carbons (Fsp3) is 0.222. The smallest absolute Gasteiger partial charge is 0.407 e. The Kier molecular flexibility index (Phi) is 4.48. The molecule has 24 heavy (non-hydrogen) atoms. The molecule has 0 bridgehead atoms. The summed E-state index contributed by atoms with van der Waals surface area (Å²) in [4.78, 5) is 25.7. The normalized spacial score (nSPS) is 20.0. The molecule has 1 aliphatic rings. The average molecular weight is 326 g/mol. The third-order valence-electron chi connectivity index (χ3n) is 3.86. The molecular formula is C18H18N2O4. The van der Waals surface area contributed by atoms with E-state index < -0.39 is 17.8 Å². The van der Waals surface area contributed by atoms with E-state index in [1.165, 1.54) is 4.90 Å². The second-order valence-electron chi connectivity index (χ2n) is 5.56. The summed E-state index contributed by atoms with van der Waals surface area (Å²) >= 11 is 0. The Morgan fingerprint density at radius 1 is 1.12 bits per heavy atom. The molecule has 1 atom stereocenters. The molecule has 2 amide bonds. The van der Waals surface area contributed by atoms with Crippen LogP contribution in [-0.2, 0) is 16.1 Å². The monoisotopic (exact) mass is 326 g/mol. The molecule has 0 aliphatic carbocycles. The Labute approximate surface area is 139 Å². The lowest BCUT2D eigenvalue weighted by atomic mass is 10.2. The number of carbonyl (C=O) groups is 2. The average Bonchev–Trinajstić information content (AvgIpc) is 2.90. The number of hydrogen-bond acceptors (Lipinski definition) is 4. The summed E-state index contributed by atoms with van der Waals surface area (Å²) in [5.41, 5.74) is 1.55. The summed E-state index contributed by atoms with van der Waals surface area (Å²) < 4.78 is 5.00.